The van der Waals surface area contributed by atoms with Crippen LogP contribution in [0.3, 0.4) is 0 Å². The van der Waals surface area contributed by atoms with E-state index in [4.69, 9.17) is 28.4 Å². The molecule has 0 fully saturated rings. The maximum absolute atomic E-state index is 12.1. The quantitative estimate of drug-likeness (QED) is 0.160. The van der Waals surface area contributed by atoms with Gasteiger partial charge in [0.15, 0.2) is 11.5 Å². The number of hydrogen-bond donors (Lipinski definition) is 0. The van der Waals surface area contributed by atoms with E-state index < -0.39 is 11.6 Å². The Morgan fingerprint density at radius 1 is 1.12 bits per heavy atom. The van der Waals surface area contributed by atoms with Gasteiger partial charge in [-0.15, -0.1) is 0 Å². The number of carbonyl (C=O) groups excluding carboxylic acids is 1. The summed E-state index contributed by atoms with van der Waals surface area (Å²) in [4.78, 5) is 12.1. The average molecular weight is 473 g/mol. The Hall–Kier alpha value is -3.19. The van der Waals surface area contributed by atoms with Crippen molar-refractivity contribution >= 4 is 12.0 Å². The summed E-state index contributed by atoms with van der Waals surface area (Å²) in [5, 5.41) is 0. The molecule has 7 nitrogen and oxygen atoms in total. The molecule has 1 atom stereocenters. The van der Waals surface area contributed by atoms with Crippen molar-refractivity contribution in [3.8, 4) is 11.5 Å². The molecule has 0 unspecified atom stereocenters. The number of rotatable bonds is 9. The van der Waals surface area contributed by atoms with Gasteiger partial charge >= 0.3 is 5.97 Å². The van der Waals surface area contributed by atoms with E-state index in [1.807, 2.05) is 58.0 Å². The van der Waals surface area contributed by atoms with Crippen molar-refractivity contribution < 1.29 is 33.2 Å². The van der Waals surface area contributed by atoms with E-state index in [-0.39, 0.29) is 11.7 Å². The standard InChI is InChI=1S/C27H36O7/c1-18(2)13-14-32-25-17-33-23-12-10-20(15-24(23)34-27(25,4)5)9-11-22(30-7)19(3)21(16-29-6)26(28)31-8/h9-13,15-16,25H,14,17H2,1-8H3/t25-/m0/s1. The molecule has 7 heteroatoms. The van der Waals surface area contributed by atoms with Crippen LogP contribution in [0.5, 0.6) is 11.5 Å². The molecule has 0 bridgehead atoms. The molecule has 0 aliphatic carbocycles. The minimum atomic E-state index is -0.586. The molecule has 1 aromatic carbocycles. The fourth-order valence-electron chi connectivity index (χ4n) is 3.29. The minimum Gasteiger partial charge on any atom is -0.503 e. The van der Waals surface area contributed by atoms with Gasteiger partial charge < -0.3 is 28.4 Å². The van der Waals surface area contributed by atoms with Gasteiger partial charge in [-0.05, 0) is 58.4 Å². The number of benzene rings is 1. The lowest BCUT2D eigenvalue weighted by atomic mass is 10.0. The molecule has 1 aromatic rings. The van der Waals surface area contributed by atoms with Gasteiger partial charge in [-0.2, -0.15) is 0 Å². The zero-order chi connectivity index (χ0) is 25.3. The van der Waals surface area contributed by atoms with Crippen molar-refractivity contribution in [1.29, 1.82) is 0 Å². The van der Waals surface area contributed by atoms with Crippen LogP contribution in [0.1, 0.15) is 40.2 Å². The number of fused-ring (bicyclic) bond motifs is 1. The summed E-state index contributed by atoms with van der Waals surface area (Å²) in [6, 6.07) is 5.70. The number of ether oxygens (including phenoxy) is 6. The zero-order valence-corrected chi connectivity index (χ0v) is 21.4. The number of hydrogen-bond acceptors (Lipinski definition) is 7. The van der Waals surface area contributed by atoms with Crippen LogP contribution < -0.4 is 9.47 Å². The van der Waals surface area contributed by atoms with Crippen molar-refractivity contribution in [3.63, 3.8) is 0 Å². The topological polar surface area (TPSA) is 72.5 Å². The first-order chi connectivity index (χ1) is 16.1. The fourth-order valence-corrected chi connectivity index (χ4v) is 3.29. The largest absolute Gasteiger partial charge is 0.503 e. The highest BCUT2D eigenvalue weighted by molar-refractivity contribution is 5.93. The third-order valence-corrected chi connectivity index (χ3v) is 5.36. The van der Waals surface area contributed by atoms with Crippen LogP contribution in [0.4, 0.5) is 0 Å². The van der Waals surface area contributed by atoms with E-state index in [9.17, 15) is 4.79 Å². The van der Waals surface area contributed by atoms with Gasteiger partial charge in [0, 0.05) is 5.57 Å². The lowest BCUT2D eigenvalue weighted by molar-refractivity contribution is -0.136. The Balaban J connectivity index is 2.28. The van der Waals surface area contributed by atoms with Crippen molar-refractivity contribution in [2.24, 2.45) is 0 Å². The zero-order valence-electron chi connectivity index (χ0n) is 21.4. The third kappa shape index (κ3) is 7.15. The molecule has 0 N–H and O–H groups in total. The van der Waals surface area contributed by atoms with Crippen LogP contribution in [0.2, 0.25) is 0 Å². The van der Waals surface area contributed by atoms with Crippen molar-refractivity contribution in [1.82, 2.24) is 0 Å². The molecule has 0 aromatic heterocycles. The highest BCUT2D eigenvalue weighted by Gasteiger charge is 2.36. The molecule has 1 heterocycles. The Bertz CT molecular complexity index is 979. The highest BCUT2D eigenvalue weighted by Crippen LogP contribution is 2.36. The van der Waals surface area contributed by atoms with Gasteiger partial charge in [0.2, 0.25) is 0 Å². The first-order valence-electron chi connectivity index (χ1n) is 11.1. The van der Waals surface area contributed by atoms with Crippen LogP contribution in [-0.2, 0) is 23.7 Å². The molecule has 1 aliphatic heterocycles. The predicted octanol–water partition coefficient (Wildman–Crippen LogP) is 5.22. The lowest BCUT2D eigenvalue weighted by Gasteiger charge is -2.31. The van der Waals surface area contributed by atoms with Crippen LogP contribution in [-0.4, -0.2) is 52.2 Å². The maximum atomic E-state index is 12.1. The van der Waals surface area contributed by atoms with Gasteiger partial charge in [-0.3, -0.25) is 0 Å². The van der Waals surface area contributed by atoms with Crippen molar-refractivity contribution in [3.05, 3.63) is 64.7 Å². The molecule has 0 saturated heterocycles. The number of esters is 1. The second kappa shape index (κ2) is 12.3. The Kier molecular flexibility index (Phi) is 9.81. The van der Waals surface area contributed by atoms with E-state index in [1.54, 1.807) is 13.0 Å². The summed E-state index contributed by atoms with van der Waals surface area (Å²) >= 11 is 0. The Morgan fingerprint density at radius 3 is 2.47 bits per heavy atom. The second-order valence-corrected chi connectivity index (χ2v) is 8.61. The first kappa shape index (κ1) is 27.1. The summed E-state index contributed by atoms with van der Waals surface area (Å²) in [6.07, 6.45) is 6.78. The summed E-state index contributed by atoms with van der Waals surface area (Å²) in [5.41, 5.74) is 2.34. The summed E-state index contributed by atoms with van der Waals surface area (Å²) < 4.78 is 33.7. The summed E-state index contributed by atoms with van der Waals surface area (Å²) in [6.45, 7) is 10.7. The lowest BCUT2D eigenvalue weighted by Crippen LogP contribution is -2.45. The molecule has 0 spiro atoms. The number of carbonyl (C=O) groups is 1. The molecular formula is C27H36O7. The second-order valence-electron chi connectivity index (χ2n) is 8.61. The summed E-state index contributed by atoms with van der Waals surface area (Å²) in [7, 11) is 4.32. The SMILES string of the molecule is COC=C(C(=O)OC)C(C)=C(C=Cc1ccc2c(c1)OC(C)(C)[C@@H](OCC=C(C)C)CO2)OC. The molecule has 0 saturated carbocycles. The van der Waals surface area contributed by atoms with Gasteiger partial charge in [0.05, 0.1) is 34.2 Å². The monoisotopic (exact) mass is 472 g/mol. The molecule has 34 heavy (non-hydrogen) atoms. The normalized spacial score (nSPS) is 18.0. The van der Waals surface area contributed by atoms with Crippen LogP contribution in [0.15, 0.2) is 59.1 Å². The molecule has 1 aliphatic rings. The van der Waals surface area contributed by atoms with Gasteiger partial charge in [-0.1, -0.05) is 23.8 Å². The third-order valence-electron chi connectivity index (χ3n) is 5.36. The molecule has 0 amide bonds. The maximum Gasteiger partial charge on any atom is 0.341 e. The molecular weight excluding hydrogens is 436 g/mol. The molecule has 0 radical (unpaired) electrons. The molecule has 2 rings (SSSR count). The van der Waals surface area contributed by atoms with Gasteiger partial charge in [0.25, 0.3) is 0 Å². The van der Waals surface area contributed by atoms with Gasteiger partial charge in [0.1, 0.15) is 29.6 Å². The number of methoxy groups -OCH3 is 3. The Labute approximate surface area is 202 Å². The van der Waals surface area contributed by atoms with Gasteiger partial charge in [-0.25, -0.2) is 4.79 Å². The highest BCUT2D eigenvalue weighted by atomic mass is 16.6. The van der Waals surface area contributed by atoms with Crippen LogP contribution >= 0.6 is 0 Å². The first-order valence-corrected chi connectivity index (χ1v) is 11.1. The summed E-state index contributed by atoms with van der Waals surface area (Å²) in [5.74, 6) is 1.28. The predicted molar refractivity (Wildman–Crippen MR) is 132 cm³/mol. The van der Waals surface area contributed by atoms with E-state index in [2.05, 4.69) is 0 Å². The van der Waals surface area contributed by atoms with E-state index in [0.717, 1.165) is 5.56 Å². The van der Waals surface area contributed by atoms with E-state index in [1.165, 1.54) is 33.2 Å². The smallest absolute Gasteiger partial charge is 0.341 e. The van der Waals surface area contributed by atoms with E-state index in [0.29, 0.717) is 36.0 Å². The molecule has 186 valence electrons. The van der Waals surface area contributed by atoms with Crippen molar-refractivity contribution in [2.45, 2.75) is 46.3 Å². The van der Waals surface area contributed by atoms with E-state index >= 15 is 0 Å². The number of allylic oxidation sites excluding steroid dienone is 2. The fraction of sp³-hybridized carbons (Fsp3) is 0.444. The van der Waals surface area contributed by atoms with Crippen molar-refractivity contribution in [2.75, 3.05) is 34.5 Å². The van der Waals surface area contributed by atoms with Crippen LogP contribution in [0.25, 0.3) is 6.08 Å². The average Bonchev–Trinajstić information content (AvgIpc) is 2.91. The minimum absolute atomic E-state index is 0.232. The van der Waals surface area contributed by atoms with Crippen LogP contribution in [0, 0.1) is 0 Å². The Morgan fingerprint density at radius 2 is 1.85 bits per heavy atom.